The summed E-state index contributed by atoms with van der Waals surface area (Å²) in [5.41, 5.74) is 6.77. The van der Waals surface area contributed by atoms with E-state index in [4.69, 9.17) is 17.3 Å². The molecule has 1 heterocycles. The third-order valence-electron chi connectivity index (χ3n) is 3.96. The number of hydrogen-bond donors (Lipinski definition) is 1. The van der Waals surface area contributed by atoms with Gasteiger partial charge in [0.2, 0.25) is 0 Å². The van der Waals surface area contributed by atoms with Crippen LogP contribution >= 0.6 is 11.6 Å². The Hall–Kier alpha value is -0.640. The molecular formula is C14H20ClFN2. The Morgan fingerprint density at radius 2 is 2.11 bits per heavy atom. The summed E-state index contributed by atoms with van der Waals surface area (Å²) in [7, 11) is 0. The molecule has 1 fully saturated rings. The molecule has 1 aliphatic rings. The van der Waals surface area contributed by atoms with Crippen molar-refractivity contribution in [3.8, 4) is 0 Å². The third kappa shape index (κ3) is 3.02. The number of benzene rings is 1. The predicted octanol–water partition coefficient (Wildman–Crippen LogP) is 3.21. The van der Waals surface area contributed by atoms with E-state index in [2.05, 4.69) is 11.8 Å². The molecule has 4 heteroatoms. The highest BCUT2D eigenvalue weighted by atomic mass is 35.5. The second-order valence-corrected chi connectivity index (χ2v) is 5.47. The zero-order chi connectivity index (χ0) is 13.1. The van der Waals surface area contributed by atoms with Crippen molar-refractivity contribution in [2.45, 2.75) is 25.8 Å². The molecule has 1 aromatic carbocycles. The maximum Gasteiger partial charge on any atom is 0.141 e. The molecule has 0 saturated carbocycles. The SMILES string of the molecule is CC(c1ccc(F)c(Cl)c1)N1CCC(CN)CC1. The molecule has 2 rings (SSSR count). The van der Waals surface area contributed by atoms with Gasteiger partial charge in [0, 0.05) is 6.04 Å². The molecule has 1 aromatic rings. The summed E-state index contributed by atoms with van der Waals surface area (Å²) in [4.78, 5) is 2.41. The van der Waals surface area contributed by atoms with Gasteiger partial charge in [0.1, 0.15) is 5.82 Å². The number of halogens is 2. The van der Waals surface area contributed by atoms with Crippen LogP contribution in [0.25, 0.3) is 0 Å². The van der Waals surface area contributed by atoms with Gasteiger partial charge in [-0.3, -0.25) is 4.90 Å². The molecule has 2 N–H and O–H groups in total. The van der Waals surface area contributed by atoms with Gasteiger partial charge in [0.05, 0.1) is 5.02 Å². The molecule has 0 amide bonds. The van der Waals surface area contributed by atoms with Gasteiger partial charge >= 0.3 is 0 Å². The summed E-state index contributed by atoms with van der Waals surface area (Å²) >= 11 is 5.83. The molecule has 0 radical (unpaired) electrons. The number of hydrogen-bond acceptors (Lipinski definition) is 2. The minimum atomic E-state index is -0.352. The molecular weight excluding hydrogens is 251 g/mol. The van der Waals surface area contributed by atoms with Crippen LogP contribution in [0.5, 0.6) is 0 Å². The van der Waals surface area contributed by atoms with E-state index >= 15 is 0 Å². The van der Waals surface area contributed by atoms with Crippen molar-refractivity contribution in [1.82, 2.24) is 4.90 Å². The molecule has 0 bridgehead atoms. The number of rotatable bonds is 3. The van der Waals surface area contributed by atoms with Gasteiger partial charge < -0.3 is 5.73 Å². The molecule has 1 unspecified atom stereocenters. The maximum absolute atomic E-state index is 13.1. The van der Waals surface area contributed by atoms with Crippen LogP contribution in [0.1, 0.15) is 31.4 Å². The highest BCUT2D eigenvalue weighted by Gasteiger charge is 2.23. The zero-order valence-electron chi connectivity index (χ0n) is 10.7. The number of nitrogens with two attached hydrogens (primary N) is 1. The highest BCUT2D eigenvalue weighted by molar-refractivity contribution is 6.30. The smallest absolute Gasteiger partial charge is 0.141 e. The van der Waals surface area contributed by atoms with Gasteiger partial charge in [0.15, 0.2) is 0 Å². The van der Waals surface area contributed by atoms with Crippen LogP contribution in [0.2, 0.25) is 5.02 Å². The summed E-state index contributed by atoms with van der Waals surface area (Å²) in [6.07, 6.45) is 2.30. The van der Waals surface area contributed by atoms with Crippen molar-refractivity contribution in [2.75, 3.05) is 19.6 Å². The molecule has 0 spiro atoms. The quantitative estimate of drug-likeness (QED) is 0.914. The van der Waals surface area contributed by atoms with E-state index in [-0.39, 0.29) is 16.9 Å². The van der Waals surface area contributed by atoms with Crippen LogP contribution in [-0.2, 0) is 0 Å². The first kappa shape index (κ1) is 13.8. The van der Waals surface area contributed by atoms with Crippen LogP contribution in [0, 0.1) is 11.7 Å². The zero-order valence-corrected chi connectivity index (χ0v) is 11.5. The minimum absolute atomic E-state index is 0.205. The van der Waals surface area contributed by atoms with Gasteiger partial charge in [-0.05, 0) is 63.0 Å². The van der Waals surface area contributed by atoms with E-state index < -0.39 is 0 Å². The number of piperidine rings is 1. The van der Waals surface area contributed by atoms with Gasteiger partial charge in [-0.1, -0.05) is 17.7 Å². The van der Waals surface area contributed by atoms with Crippen LogP contribution < -0.4 is 5.73 Å². The first-order chi connectivity index (χ1) is 8.61. The van der Waals surface area contributed by atoms with Gasteiger partial charge in [-0.2, -0.15) is 0 Å². The lowest BCUT2D eigenvalue weighted by molar-refractivity contribution is 0.143. The maximum atomic E-state index is 13.1. The number of nitrogens with zero attached hydrogens (tertiary/aromatic N) is 1. The van der Waals surface area contributed by atoms with Crippen molar-refractivity contribution >= 4 is 11.6 Å². The fraction of sp³-hybridized carbons (Fsp3) is 0.571. The normalized spacial score (nSPS) is 20.0. The van der Waals surface area contributed by atoms with Crippen molar-refractivity contribution in [3.05, 3.63) is 34.6 Å². The Morgan fingerprint density at radius 1 is 1.44 bits per heavy atom. The summed E-state index contributed by atoms with van der Waals surface area (Å²) < 4.78 is 13.1. The molecule has 0 aliphatic carbocycles. The van der Waals surface area contributed by atoms with Gasteiger partial charge in [-0.15, -0.1) is 0 Å². The van der Waals surface area contributed by atoms with Crippen molar-refractivity contribution in [1.29, 1.82) is 0 Å². The van der Waals surface area contributed by atoms with Crippen LogP contribution in [-0.4, -0.2) is 24.5 Å². The lowest BCUT2D eigenvalue weighted by Crippen LogP contribution is -2.37. The standard InChI is InChI=1S/C14H20ClFN2/c1-10(12-2-3-14(16)13(15)8-12)18-6-4-11(9-17)5-7-18/h2-3,8,10-11H,4-7,9,17H2,1H3. The molecule has 100 valence electrons. The van der Waals surface area contributed by atoms with Crippen LogP contribution in [0.4, 0.5) is 4.39 Å². The van der Waals surface area contributed by atoms with Crippen molar-refractivity contribution in [2.24, 2.45) is 11.7 Å². The second kappa shape index (κ2) is 6.00. The first-order valence-electron chi connectivity index (χ1n) is 6.51. The summed E-state index contributed by atoms with van der Waals surface area (Å²) in [5.74, 6) is 0.305. The van der Waals surface area contributed by atoms with Gasteiger partial charge in [-0.25, -0.2) is 4.39 Å². The monoisotopic (exact) mass is 270 g/mol. The Bertz CT molecular complexity index is 403. The van der Waals surface area contributed by atoms with Crippen molar-refractivity contribution < 1.29 is 4.39 Å². The van der Waals surface area contributed by atoms with Crippen LogP contribution in [0.15, 0.2) is 18.2 Å². The van der Waals surface area contributed by atoms with E-state index in [9.17, 15) is 4.39 Å². The lowest BCUT2D eigenvalue weighted by Gasteiger charge is -2.36. The highest BCUT2D eigenvalue weighted by Crippen LogP contribution is 2.28. The summed E-state index contributed by atoms with van der Waals surface area (Å²) in [5, 5.41) is 0.205. The fourth-order valence-corrected chi connectivity index (χ4v) is 2.75. The van der Waals surface area contributed by atoms with E-state index in [0.29, 0.717) is 5.92 Å². The van der Waals surface area contributed by atoms with E-state index in [1.54, 1.807) is 6.07 Å². The average molecular weight is 271 g/mol. The fourth-order valence-electron chi connectivity index (χ4n) is 2.56. The Morgan fingerprint density at radius 3 is 2.67 bits per heavy atom. The Kier molecular flexibility index (Phi) is 4.60. The summed E-state index contributed by atoms with van der Waals surface area (Å²) in [6.45, 7) is 5.03. The summed E-state index contributed by atoms with van der Waals surface area (Å²) in [6, 6.07) is 5.28. The average Bonchev–Trinajstić information content (AvgIpc) is 2.41. The Labute approximate surface area is 113 Å². The molecule has 1 saturated heterocycles. The molecule has 18 heavy (non-hydrogen) atoms. The van der Waals surface area contributed by atoms with E-state index in [0.717, 1.165) is 38.0 Å². The van der Waals surface area contributed by atoms with E-state index in [1.165, 1.54) is 6.07 Å². The molecule has 2 nitrogen and oxygen atoms in total. The lowest BCUT2D eigenvalue weighted by atomic mass is 9.95. The second-order valence-electron chi connectivity index (χ2n) is 5.06. The predicted molar refractivity (Wildman–Crippen MR) is 73.2 cm³/mol. The molecule has 1 aliphatic heterocycles. The molecule has 1 atom stereocenters. The minimum Gasteiger partial charge on any atom is -0.330 e. The number of likely N-dealkylation sites (tertiary alicyclic amines) is 1. The largest absolute Gasteiger partial charge is 0.330 e. The van der Waals surface area contributed by atoms with Crippen molar-refractivity contribution in [3.63, 3.8) is 0 Å². The first-order valence-corrected chi connectivity index (χ1v) is 6.88. The van der Waals surface area contributed by atoms with Gasteiger partial charge in [0.25, 0.3) is 0 Å². The Balaban J connectivity index is 2.03. The molecule has 0 aromatic heterocycles. The topological polar surface area (TPSA) is 29.3 Å². The third-order valence-corrected chi connectivity index (χ3v) is 4.25. The van der Waals surface area contributed by atoms with E-state index in [1.807, 2.05) is 6.07 Å². The van der Waals surface area contributed by atoms with Crippen LogP contribution in [0.3, 0.4) is 0 Å².